The van der Waals surface area contributed by atoms with Gasteiger partial charge in [0.1, 0.15) is 6.10 Å². The fourth-order valence-electron chi connectivity index (χ4n) is 2.91. The van der Waals surface area contributed by atoms with Crippen molar-refractivity contribution in [2.45, 2.75) is 51.7 Å². The maximum Gasteiger partial charge on any atom is 0.248 e. The van der Waals surface area contributed by atoms with E-state index in [0.29, 0.717) is 11.4 Å². The van der Waals surface area contributed by atoms with Gasteiger partial charge in [-0.25, -0.2) is 9.67 Å². The molecule has 2 heterocycles. The van der Waals surface area contributed by atoms with Gasteiger partial charge in [0.05, 0.1) is 0 Å². The van der Waals surface area contributed by atoms with E-state index in [-0.39, 0.29) is 6.10 Å². The monoisotopic (exact) mass is 328 g/mol. The Labute approximate surface area is 142 Å². The number of aromatic nitrogens is 3. The van der Waals surface area contributed by atoms with Crippen molar-refractivity contribution in [3.05, 3.63) is 35.7 Å². The Morgan fingerprint density at radius 2 is 2.12 bits per heavy atom. The predicted molar refractivity (Wildman–Crippen MR) is 91.4 cm³/mol. The minimum absolute atomic E-state index is 0.0294. The minimum Gasteiger partial charge on any atom is -0.370 e. The normalized spacial score (nSPS) is 17.8. The Morgan fingerprint density at radius 1 is 1.33 bits per heavy atom. The largest absolute Gasteiger partial charge is 0.370 e. The van der Waals surface area contributed by atoms with Crippen LogP contribution in [-0.2, 0) is 11.3 Å². The highest BCUT2D eigenvalue weighted by Gasteiger charge is 2.23. The highest BCUT2D eigenvalue weighted by molar-refractivity contribution is 5.93. The zero-order valence-corrected chi connectivity index (χ0v) is 14.1. The molecule has 2 N–H and O–H groups in total. The van der Waals surface area contributed by atoms with Crippen LogP contribution in [0.3, 0.4) is 0 Å². The topological polar surface area (TPSA) is 83.0 Å². The molecule has 0 radical (unpaired) electrons. The van der Waals surface area contributed by atoms with E-state index in [1.165, 1.54) is 0 Å². The molecule has 2 aromatic rings. The van der Waals surface area contributed by atoms with Gasteiger partial charge in [0.15, 0.2) is 11.6 Å². The van der Waals surface area contributed by atoms with Gasteiger partial charge in [0, 0.05) is 24.3 Å². The van der Waals surface area contributed by atoms with Crippen LogP contribution in [0.1, 0.15) is 61.3 Å². The summed E-state index contributed by atoms with van der Waals surface area (Å²) in [6.45, 7) is 3.79. The van der Waals surface area contributed by atoms with Crippen LogP contribution >= 0.6 is 0 Å². The average Bonchev–Trinajstić information content (AvgIpc) is 3.05. The lowest BCUT2D eigenvalue weighted by molar-refractivity contribution is 0.00665. The zero-order chi connectivity index (χ0) is 16.9. The third-order valence-corrected chi connectivity index (χ3v) is 4.32. The van der Waals surface area contributed by atoms with Crippen LogP contribution in [0.25, 0.3) is 11.4 Å². The van der Waals surface area contributed by atoms with Gasteiger partial charge in [-0.3, -0.25) is 4.79 Å². The molecule has 1 atom stereocenters. The summed E-state index contributed by atoms with van der Waals surface area (Å²) < 4.78 is 7.88. The first-order valence-corrected chi connectivity index (χ1v) is 8.65. The second-order valence-electron chi connectivity index (χ2n) is 6.17. The quantitative estimate of drug-likeness (QED) is 0.883. The van der Waals surface area contributed by atoms with Gasteiger partial charge in [0.2, 0.25) is 5.91 Å². The average molecular weight is 328 g/mol. The SMILES string of the molecule is CCCCn1nc(-c2ccc(C(N)=O)cc2)nc1[C@@H]1CCCCO1. The molecule has 6 nitrogen and oxygen atoms in total. The van der Waals surface area contributed by atoms with Crippen molar-refractivity contribution in [3.8, 4) is 11.4 Å². The highest BCUT2D eigenvalue weighted by Crippen LogP contribution is 2.28. The number of unbranched alkanes of at least 4 members (excludes halogenated alkanes) is 1. The summed E-state index contributed by atoms with van der Waals surface area (Å²) in [5, 5.41) is 4.68. The summed E-state index contributed by atoms with van der Waals surface area (Å²) in [5.74, 6) is 1.16. The molecule has 1 fully saturated rings. The molecule has 1 aliphatic rings. The number of ether oxygens (including phenoxy) is 1. The Kier molecular flexibility index (Phi) is 5.25. The minimum atomic E-state index is -0.431. The maximum atomic E-state index is 11.2. The van der Waals surface area contributed by atoms with E-state index in [2.05, 4.69) is 12.0 Å². The summed E-state index contributed by atoms with van der Waals surface area (Å²) in [4.78, 5) is 15.9. The lowest BCUT2D eigenvalue weighted by Gasteiger charge is -2.22. The molecule has 0 spiro atoms. The number of hydrogen-bond acceptors (Lipinski definition) is 4. The second-order valence-corrected chi connectivity index (χ2v) is 6.17. The highest BCUT2D eigenvalue weighted by atomic mass is 16.5. The Bertz CT molecular complexity index is 688. The summed E-state index contributed by atoms with van der Waals surface area (Å²) in [6, 6.07) is 7.10. The van der Waals surface area contributed by atoms with Crippen LogP contribution in [0.5, 0.6) is 0 Å². The first-order valence-electron chi connectivity index (χ1n) is 8.65. The summed E-state index contributed by atoms with van der Waals surface area (Å²) >= 11 is 0. The molecule has 3 rings (SSSR count). The van der Waals surface area contributed by atoms with Crippen LogP contribution in [0.15, 0.2) is 24.3 Å². The number of hydrogen-bond donors (Lipinski definition) is 1. The number of nitrogens with zero attached hydrogens (tertiary/aromatic N) is 3. The third kappa shape index (κ3) is 3.64. The smallest absolute Gasteiger partial charge is 0.248 e. The standard InChI is InChI=1S/C18H24N4O2/c1-2-3-11-22-18(15-6-4-5-12-24-15)20-17(21-22)14-9-7-13(8-10-14)16(19)23/h7-10,15H,2-6,11-12H2,1H3,(H2,19,23)/t15-/m0/s1. The number of carbonyl (C=O) groups excluding carboxylic acids is 1. The molecule has 1 aliphatic heterocycles. The molecule has 1 saturated heterocycles. The Morgan fingerprint density at radius 3 is 2.75 bits per heavy atom. The predicted octanol–water partition coefficient (Wildman–Crippen LogP) is 3.09. The van der Waals surface area contributed by atoms with Gasteiger partial charge in [-0.1, -0.05) is 25.5 Å². The van der Waals surface area contributed by atoms with Crippen LogP contribution in [0.4, 0.5) is 0 Å². The molecule has 0 aliphatic carbocycles. The van der Waals surface area contributed by atoms with E-state index in [9.17, 15) is 4.79 Å². The number of nitrogens with two attached hydrogens (primary N) is 1. The Balaban J connectivity index is 1.89. The van der Waals surface area contributed by atoms with Crippen LogP contribution in [-0.4, -0.2) is 27.3 Å². The van der Waals surface area contributed by atoms with E-state index in [1.807, 2.05) is 16.8 Å². The molecule has 0 saturated carbocycles. The second kappa shape index (κ2) is 7.57. The van der Waals surface area contributed by atoms with E-state index >= 15 is 0 Å². The van der Waals surface area contributed by atoms with Crippen molar-refractivity contribution in [3.63, 3.8) is 0 Å². The van der Waals surface area contributed by atoms with Crippen LogP contribution < -0.4 is 5.73 Å². The van der Waals surface area contributed by atoms with Crippen molar-refractivity contribution in [1.82, 2.24) is 14.8 Å². The van der Waals surface area contributed by atoms with Crippen molar-refractivity contribution in [2.24, 2.45) is 5.73 Å². The van der Waals surface area contributed by atoms with Crippen LogP contribution in [0.2, 0.25) is 0 Å². The van der Waals surface area contributed by atoms with E-state index in [0.717, 1.165) is 56.6 Å². The summed E-state index contributed by atoms with van der Waals surface area (Å²) in [6.07, 6.45) is 5.46. The molecule has 128 valence electrons. The first kappa shape index (κ1) is 16.6. The van der Waals surface area contributed by atoms with E-state index < -0.39 is 5.91 Å². The van der Waals surface area contributed by atoms with Gasteiger partial charge in [-0.15, -0.1) is 0 Å². The van der Waals surface area contributed by atoms with Crippen LogP contribution in [0, 0.1) is 0 Å². The maximum absolute atomic E-state index is 11.2. The number of aryl methyl sites for hydroxylation is 1. The van der Waals surface area contributed by atoms with Gasteiger partial charge in [-0.05, 0) is 37.8 Å². The van der Waals surface area contributed by atoms with Gasteiger partial charge in [-0.2, -0.15) is 5.10 Å². The van der Waals surface area contributed by atoms with Crippen molar-refractivity contribution < 1.29 is 9.53 Å². The van der Waals surface area contributed by atoms with Gasteiger partial charge in [0.25, 0.3) is 0 Å². The molecule has 24 heavy (non-hydrogen) atoms. The number of benzene rings is 1. The fourth-order valence-corrected chi connectivity index (χ4v) is 2.91. The number of primary amides is 1. The summed E-state index contributed by atoms with van der Waals surface area (Å²) in [5.41, 5.74) is 6.66. The molecule has 1 aromatic heterocycles. The lowest BCUT2D eigenvalue weighted by Crippen LogP contribution is -2.17. The molecule has 1 amide bonds. The molecule has 6 heteroatoms. The van der Waals surface area contributed by atoms with Gasteiger partial charge < -0.3 is 10.5 Å². The number of amides is 1. The van der Waals surface area contributed by atoms with E-state index in [4.69, 9.17) is 15.5 Å². The molecule has 0 unspecified atom stereocenters. The molecule has 0 bridgehead atoms. The zero-order valence-electron chi connectivity index (χ0n) is 14.1. The summed E-state index contributed by atoms with van der Waals surface area (Å²) in [7, 11) is 0. The van der Waals surface area contributed by atoms with E-state index in [1.54, 1.807) is 12.1 Å². The van der Waals surface area contributed by atoms with Gasteiger partial charge >= 0.3 is 0 Å². The first-order chi connectivity index (χ1) is 11.7. The molecular weight excluding hydrogens is 304 g/mol. The molecule has 1 aromatic carbocycles. The molecular formula is C18H24N4O2. The number of carbonyl (C=O) groups is 1. The fraction of sp³-hybridized carbons (Fsp3) is 0.500. The lowest BCUT2D eigenvalue weighted by atomic mass is 10.1. The Hall–Kier alpha value is -2.21. The van der Waals surface area contributed by atoms with Crippen molar-refractivity contribution in [2.75, 3.05) is 6.61 Å². The van der Waals surface area contributed by atoms with Crippen molar-refractivity contribution >= 4 is 5.91 Å². The van der Waals surface area contributed by atoms with Crippen molar-refractivity contribution in [1.29, 1.82) is 0 Å². The number of rotatable bonds is 6. The third-order valence-electron chi connectivity index (χ3n) is 4.32.